The van der Waals surface area contributed by atoms with E-state index in [1.807, 2.05) is 0 Å². The monoisotopic (exact) mass is 702 g/mol. The lowest BCUT2D eigenvalue weighted by Crippen LogP contribution is -2.45. The number of methoxy groups -OCH3 is 2. The third-order valence-corrected chi connectivity index (χ3v) is 8.96. The summed E-state index contributed by atoms with van der Waals surface area (Å²) in [4.78, 5) is 48.8. The van der Waals surface area contributed by atoms with Gasteiger partial charge in [0, 0.05) is 36.3 Å². The fourth-order valence-corrected chi connectivity index (χ4v) is 6.10. The quantitative estimate of drug-likeness (QED) is 0.270. The van der Waals surface area contributed by atoms with Crippen LogP contribution in [0.4, 0.5) is 4.39 Å². The van der Waals surface area contributed by atoms with Gasteiger partial charge in [-0.2, -0.15) is 0 Å². The van der Waals surface area contributed by atoms with Crippen molar-refractivity contribution in [1.29, 1.82) is 0 Å². The number of amides is 3. The molecule has 262 valence electrons. The van der Waals surface area contributed by atoms with Gasteiger partial charge in [0.05, 0.1) is 38.2 Å². The Morgan fingerprint density at radius 1 is 1.08 bits per heavy atom. The van der Waals surface area contributed by atoms with Crippen LogP contribution in [-0.2, 0) is 31.0 Å². The van der Waals surface area contributed by atoms with Crippen molar-refractivity contribution in [2.45, 2.75) is 30.5 Å². The first kappa shape index (κ1) is 36.4. The second kappa shape index (κ2) is 16.1. The summed E-state index contributed by atoms with van der Waals surface area (Å²) >= 11 is 0. The highest BCUT2D eigenvalue weighted by atomic mass is 32.2. The molecule has 17 heteroatoms. The Labute approximate surface area is 281 Å². The van der Waals surface area contributed by atoms with Crippen LogP contribution in [-0.4, -0.2) is 95.2 Å². The number of carboxylic acid groups (broad SMARTS) is 1. The van der Waals surface area contributed by atoms with Gasteiger partial charge in [-0.25, -0.2) is 17.5 Å². The standard InChI is InChI=1S/C31H33FN4O9S.CH2O2/c1-18-8-24(6-7-25(18)32)46(40,41)34-14-30(38)36-15-26-28(16-36)45-21-5-4-19(27(12-21)43-3)13-33-29(37)17-44-23-10-20(31(39)35-26)9-22(11-23)42-2;2-1-3/h4-12,26,28,34H,13-17H2,1-3H3,(H,33,37)(H,35,39);1H,(H,2,3)/t26-,28-;/m0./s1. The number of nitrogens with one attached hydrogen (secondary N) is 3. The van der Waals surface area contributed by atoms with Crippen LogP contribution in [0.25, 0.3) is 0 Å². The lowest BCUT2D eigenvalue weighted by atomic mass is 10.1. The van der Waals surface area contributed by atoms with E-state index in [0.29, 0.717) is 22.8 Å². The summed E-state index contributed by atoms with van der Waals surface area (Å²) in [5.41, 5.74) is 0.997. The largest absolute Gasteiger partial charge is 0.497 e. The normalized spacial score (nSPS) is 17.5. The van der Waals surface area contributed by atoms with Gasteiger partial charge >= 0.3 is 0 Å². The molecule has 4 bridgehead atoms. The Balaban J connectivity index is 0.00000174. The summed E-state index contributed by atoms with van der Waals surface area (Å²) in [7, 11) is -1.21. The number of ether oxygens (including phenoxy) is 4. The molecule has 0 unspecified atom stereocenters. The number of benzene rings is 3. The van der Waals surface area contributed by atoms with Gasteiger partial charge in [-0.15, -0.1) is 0 Å². The van der Waals surface area contributed by atoms with Gasteiger partial charge < -0.3 is 39.6 Å². The molecule has 0 aromatic heterocycles. The minimum atomic E-state index is -4.11. The van der Waals surface area contributed by atoms with Gasteiger partial charge in [0.15, 0.2) is 6.61 Å². The molecule has 1 fully saturated rings. The summed E-state index contributed by atoms with van der Waals surface area (Å²) < 4.78 is 64.3. The predicted molar refractivity (Wildman–Crippen MR) is 171 cm³/mol. The van der Waals surface area contributed by atoms with Gasteiger partial charge in [-0.1, -0.05) is 0 Å². The number of sulfonamides is 1. The Bertz CT molecular complexity index is 1820. The SMILES string of the molecule is COc1cc2cc(c1)C(=O)N[C@H]1CN(C(=O)CNS(=O)(=O)c3ccc(F)c(C)c3)C[C@@H]1Oc1ccc(c(OC)c1)CNC(=O)CO2.O=CO. The third kappa shape index (κ3) is 9.35. The second-order valence-corrected chi connectivity index (χ2v) is 12.6. The first-order chi connectivity index (χ1) is 23.4. The van der Waals surface area contributed by atoms with Crippen LogP contribution in [0.15, 0.2) is 59.5 Å². The average molecular weight is 703 g/mol. The molecule has 0 saturated carbocycles. The molecule has 0 aliphatic carbocycles. The molecule has 49 heavy (non-hydrogen) atoms. The maximum atomic E-state index is 13.7. The molecule has 6 rings (SSSR count). The van der Waals surface area contributed by atoms with E-state index in [1.54, 1.807) is 18.2 Å². The number of aryl methyl sites for hydroxylation is 1. The van der Waals surface area contributed by atoms with Crippen molar-refractivity contribution < 1.29 is 56.0 Å². The summed E-state index contributed by atoms with van der Waals surface area (Å²) in [6, 6.07) is 12.2. The van der Waals surface area contributed by atoms with Crippen LogP contribution in [0.2, 0.25) is 0 Å². The first-order valence-electron chi connectivity index (χ1n) is 14.7. The molecule has 3 aromatic rings. The van der Waals surface area contributed by atoms with Crippen LogP contribution in [0, 0.1) is 12.7 Å². The summed E-state index contributed by atoms with van der Waals surface area (Å²) in [6.07, 6.45) is -0.739. The Hall–Kier alpha value is -5.42. The molecular weight excluding hydrogens is 667 g/mol. The summed E-state index contributed by atoms with van der Waals surface area (Å²) in [5, 5.41) is 12.6. The average Bonchev–Trinajstić information content (AvgIpc) is 3.48. The maximum absolute atomic E-state index is 13.7. The van der Waals surface area contributed by atoms with E-state index in [0.717, 1.165) is 12.1 Å². The molecule has 2 atom stereocenters. The van der Waals surface area contributed by atoms with Crippen molar-refractivity contribution >= 4 is 34.2 Å². The van der Waals surface area contributed by atoms with E-state index in [4.69, 9.17) is 28.8 Å². The van der Waals surface area contributed by atoms with Crippen LogP contribution in [0.5, 0.6) is 23.0 Å². The molecule has 3 amide bonds. The number of hydrogen-bond donors (Lipinski definition) is 4. The van der Waals surface area contributed by atoms with Crippen LogP contribution < -0.4 is 34.3 Å². The zero-order valence-corrected chi connectivity index (χ0v) is 27.5. The van der Waals surface area contributed by atoms with E-state index in [-0.39, 0.29) is 54.5 Å². The number of hydrogen-bond acceptors (Lipinski definition) is 10. The molecule has 4 N–H and O–H groups in total. The van der Waals surface area contributed by atoms with E-state index >= 15 is 0 Å². The summed E-state index contributed by atoms with van der Waals surface area (Å²) in [6.45, 7) is 0.479. The number of likely N-dealkylation sites (tertiary alicyclic amines) is 1. The number of rotatable bonds is 6. The van der Waals surface area contributed by atoms with E-state index in [1.165, 1.54) is 50.3 Å². The lowest BCUT2D eigenvalue weighted by molar-refractivity contribution is -0.129. The third-order valence-electron chi connectivity index (χ3n) is 7.56. The summed E-state index contributed by atoms with van der Waals surface area (Å²) in [5.74, 6) is -0.652. The molecule has 0 spiro atoms. The predicted octanol–water partition coefficient (Wildman–Crippen LogP) is 1.23. The van der Waals surface area contributed by atoms with E-state index < -0.39 is 52.3 Å². The molecule has 15 nitrogen and oxygen atoms in total. The molecule has 3 aliphatic rings. The zero-order valence-electron chi connectivity index (χ0n) is 26.7. The van der Waals surface area contributed by atoms with Gasteiger partial charge in [-0.3, -0.25) is 19.2 Å². The number of carbonyl (C=O) groups is 4. The number of carbonyl (C=O) groups excluding carboxylic acids is 3. The smallest absolute Gasteiger partial charge is 0.290 e. The molecule has 3 heterocycles. The Morgan fingerprint density at radius 3 is 2.53 bits per heavy atom. The molecular formula is C32H35FN4O11S. The van der Waals surface area contributed by atoms with Gasteiger partial charge in [0.25, 0.3) is 18.3 Å². The van der Waals surface area contributed by atoms with Crippen molar-refractivity contribution in [3.05, 3.63) is 77.1 Å². The molecule has 3 aromatic carbocycles. The van der Waals surface area contributed by atoms with Crippen molar-refractivity contribution in [3.63, 3.8) is 0 Å². The van der Waals surface area contributed by atoms with Gasteiger partial charge in [0.2, 0.25) is 15.9 Å². The second-order valence-electron chi connectivity index (χ2n) is 10.8. The van der Waals surface area contributed by atoms with Crippen LogP contribution in [0.3, 0.4) is 0 Å². The van der Waals surface area contributed by atoms with E-state index in [2.05, 4.69) is 15.4 Å². The van der Waals surface area contributed by atoms with Crippen LogP contribution in [0.1, 0.15) is 21.5 Å². The maximum Gasteiger partial charge on any atom is 0.290 e. The highest BCUT2D eigenvalue weighted by Crippen LogP contribution is 2.28. The highest BCUT2D eigenvalue weighted by molar-refractivity contribution is 7.89. The molecule has 0 radical (unpaired) electrons. The van der Waals surface area contributed by atoms with E-state index in [9.17, 15) is 27.2 Å². The first-order valence-corrected chi connectivity index (χ1v) is 16.2. The van der Waals surface area contributed by atoms with Gasteiger partial charge in [0.1, 0.15) is 34.9 Å². The number of nitrogens with zero attached hydrogens (tertiary/aromatic N) is 1. The minimum Gasteiger partial charge on any atom is -0.497 e. The highest BCUT2D eigenvalue weighted by Gasteiger charge is 2.38. The number of halogens is 1. The van der Waals surface area contributed by atoms with Crippen LogP contribution >= 0.6 is 0 Å². The Kier molecular flexibility index (Phi) is 12.0. The Morgan fingerprint density at radius 2 is 1.84 bits per heavy atom. The molecule has 3 aliphatic heterocycles. The van der Waals surface area contributed by atoms with Crippen molar-refractivity contribution in [3.8, 4) is 23.0 Å². The van der Waals surface area contributed by atoms with Gasteiger partial charge in [-0.05, 0) is 55.0 Å². The van der Waals surface area contributed by atoms with Crippen molar-refractivity contribution in [2.24, 2.45) is 0 Å². The molecule has 1 saturated heterocycles. The fourth-order valence-electron chi connectivity index (χ4n) is 5.04. The topological polar surface area (TPSA) is 199 Å². The fraction of sp³-hybridized carbons (Fsp3) is 0.312. The van der Waals surface area contributed by atoms with Crippen molar-refractivity contribution in [1.82, 2.24) is 20.3 Å². The minimum absolute atomic E-state index is 0.00753. The lowest BCUT2D eigenvalue weighted by Gasteiger charge is -2.22. The zero-order chi connectivity index (χ0) is 35.7. The number of fused-ring (bicyclic) bond motifs is 7. The van der Waals surface area contributed by atoms with Crippen molar-refractivity contribution in [2.75, 3.05) is 40.5 Å².